The second kappa shape index (κ2) is 12.7. The lowest BCUT2D eigenvalue weighted by atomic mass is 10.1. The summed E-state index contributed by atoms with van der Waals surface area (Å²) in [4.78, 5) is 27.6. The Morgan fingerprint density at radius 1 is 1.00 bits per heavy atom. The minimum absolute atomic E-state index is 0.0386. The third-order valence-corrected chi connectivity index (χ3v) is 7.01. The Balaban J connectivity index is 2.16. The number of hydrogen-bond acceptors (Lipinski definition) is 4. The first-order valence-corrected chi connectivity index (χ1v) is 14.0. The number of nitrogens with one attached hydrogen (secondary N) is 1. The van der Waals surface area contributed by atoms with Crippen molar-refractivity contribution in [2.24, 2.45) is 0 Å². The largest absolute Gasteiger partial charge is 0.352 e. The van der Waals surface area contributed by atoms with Gasteiger partial charge in [-0.2, -0.15) is 0 Å². The molecular formula is C27H39N3O4S. The first kappa shape index (κ1) is 28.4. The molecule has 0 saturated carbocycles. The Morgan fingerprint density at radius 2 is 1.66 bits per heavy atom. The third kappa shape index (κ3) is 8.69. The zero-order valence-corrected chi connectivity index (χ0v) is 22.6. The van der Waals surface area contributed by atoms with Gasteiger partial charge in [0.1, 0.15) is 6.04 Å². The van der Waals surface area contributed by atoms with E-state index in [4.69, 9.17) is 0 Å². The van der Waals surface area contributed by atoms with Crippen LogP contribution in [0.1, 0.15) is 57.2 Å². The van der Waals surface area contributed by atoms with E-state index < -0.39 is 16.1 Å². The van der Waals surface area contributed by atoms with E-state index in [-0.39, 0.29) is 30.8 Å². The van der Waals surface area contributed by atoms with Gasteiger partial charge in [0.2, 0.25) is 21.8 Å². The standard InChI is InChI=1S/C27H39N3O4S/c1-7-23-13-15-25(16-14-23)30(35(6,33)34)17-9-12-26(31)29(22(5)27(32)28-20(2)3)19-24-11-8-10-21(4)18-24/h8,10-11,13-16,18,20,22H,7,9,12,17,19H2,1-6H3,(H,28,32). The fourth-order valence-electron chi connectivity index (χ4n) is 3.90. The molecule has 1 N–H and O–H groups in total. The van der Waals surface area contributed by atoms with Crippen molar-refractivity contribution in [1.29, 1.82) is 0 Å². The fraction of sp³-hybridized carbons (Fsp3) is 0.481. The van der Waals surface area contributed by atoms with Crippen molar-refractivity contribution in [3.8, 4) is 0 Å². The van der Waals surface area contributed by atoms with E-state index >= 15 is 0 Å². The maximum absolute atomic E-state index is 13.3. The van der Waals surface area contributed by atoms with Gasteiger partial charge in [-0.1, -0.05) is 48.9 Å². The summed E-state index contributed by atoms with van der Waals surface area (Å²) >= 11 is 0. The van der Waals surface area contributed by atoms with Crippen LogP contribution in [0, 0.1) is 6.92 Å². The molecule has 8 heteroatoms. The molecule has 0 spiro atoms. The van der Waals surface area contributed by atoms with Crippen LogP contribution in [0.5, 0.6) is 0 Å². The van der Waals surface area contributed by atoms with Crippen LogP contribution in [-0.4, -0.2) is 50.0 Å². The van der Waals surface area contributed by atoms with Crippen LogP contribution in [0.4, 0.5) is 5.69 Å². The quantitative estimate of drug-likeness (QED) is 0.475. The molecule has 0 aliphatic rings. The molecule has 0 fully saturated rings. The lowest BCUT2D eigenvalue weighted by Gasteiger charge is -2.30. The molecule has 2 rings (SSSR count). The van der Waals surface area contributed by atoms with Gasteiger partial charge in [-0.15, -0.1) is 0 Å². The van der Waals surface area contributed by atoms with Gasteiger partial charge in [-0.05, 0) is 63.8 Å². The zero-order valence-electron chi connectivity index (χ0n) is 21.7. The summed E-state index contributed by atoms with van der Waals surface area (Å²) in [6.45, 7) is 10.00. The summed E-state index contributed by atoms with van der Waals surface area (Å²) in [5.74, 6) is -0.400. The van der Waals surface area contributed by atoms with Crippen molar-refractivity contribution in [2.45, 2.75) is 72.5 Å². The van der Waals surface area contributed by atoms with Crippen LogP contribution in [0.2, 0.25) is 0 Å². The first-order chi connectivity index (χ1) is 16.4. The number of sulfonamides is 1. The minimum atomic E-state index is -3.51. The van der Waals surface area contributed by atoms with Crippen molar-refractivity contribution >= 4 is 27.5 Å². The number of nitrogens with zero attached hydrogens (tertiary/aromatic N) is 2. The average Bonchev–Trinajstić information content (AvgIpc) is 2.78. The van der Waals surface area contributed by atoms with E-state index in [9.17, 15) is 18.0 Å². The Bertz CT molecular complexity index is 1100. The lowest BCUT2D eigenvalue weighted by Crippen LogP contribution is -2.49. The van der Waals surface area contributed by atoms with Crippen LogP contribution in [-0.2, 0) is 32.6 Å². The Hall–Kier alpha value is -2.87. The summed E-state index contributed by atoms with van der Waals surface area (Å²) in [6, 6.07) is 14.6. The molecule has 192 valence electrons. The monoisotopic (exact) mass is 501 g/mol. The molecule has 0 heterocycles. The molecular weight excluding hydrogens is 462 g/mol. The summed E-state index contributed by atoms with van der Waals surface area (Å²) in [6.07, 6.45) is 2.51. The molecule has 2 aromatic rings. The highest BCUT2D eigenvalue weighted by Crippen LogP contribution is 2.20. The summed E-state index contributed by atoms with van der Waals surface area (Å²) in [7, 11) is -3.51. The number of aryl methyl sites for hydroxylation is 2. The number of benzene rings is 2. The van der Waals surface area contributed by atoms with E-state index in [1.54, 1.807) is 24.0 Å². The van der Waals surface area contributed by atoms with Gasteiger partial charge in [0, 0.05) is 25.6 Å². The minimum Gasteiger partial charge on any atom is -0.352 e. The van der Waals surface area contributed by atoms with E-state index in [1.807, 2.05) is 64.1 Å². The van der Waals surface area contributed by atoms with Crippen LogP contribution in [0.25, 0.3) is 0 Å². The molecule has 1 unspecified atom stereocenters. The maximum atomic E-state index is 13.3. The summed E-state index contributed by atoms with van der Waals surface area (Å²) in [5.41, 5.74) is 3.72. The normalized spacial score (nSPS) is 12.3. The second-order valence-electron chi connectivity index (χ2n) is 9.31. The third-order valence-electron chi connectivity index (χ3n) is 5.82. The summed E-state index contributed by atoms with van der Waals surface area (Å²) in [5, 5.41) is 2.88. The molecule has 2 aromatic carbocycles. The van der Waals surface area contributed by atoms with Gasteiger partial charge in [0.15, 0.2) is 0 Å². The molecule has 0 radical (unpaired) electrons. The van der Waals surface area contributed by atoms with Gasteiger partial charge < -0.3 is 10.2 Å². The highest BCUT2D eigenvalue weighted by atomic mass is 32.2. The molecule has 0 aliphatic heterocycles. The van der Waals surface area contributed by atoms with Gasteiger partial charge in [-0.3, -0.25) is 13.9 Å². The number of carbonyl (C=O) groups is 2. The van der Waals surface area contributed by atoms with Gasteiger partial charge in [0.25, 0.3) is 0 Å². The number of anilines is 1. The Kier molecular flexibility index (Phi) is 10.3. The molecule has 35 heavy (non-hydrogen) atoms. The zero-order chi connectivity index (χ0) is 26.2. The van der Waals surface area contributed by atoms with Crippen molar-refractivity contribution in [3.05, 3.63) is 65.2 Å². The van der Waals surface area contributed by atoms with Crippen molar-refractivity contribution in [3.63, 3.8) is 0 Å². The lowest BCUT2D eigenvalue weighted by molar-refractivity contribution is -0.140. The van der Waals surface area contributed by atoms with E-state index in [0.29, 0.717) is 18.7 Å². The van der Waals surface area contributed by atoms with Gasteiger partial charge in [0.05, 0.1) is 11.9 Å². The van der Waals surface area contributed by atoms with Crippen molar-refractivity contribution in [1.82, 2.24) is 10.2 Å². The predicted octanol–water partition coefficient (Wildman–Crippen LogP) is 4.05. The SMILES string of the molecule is CCc1ccc(N(CCCC(=O)N(Cc2cccc(C)c2)C(C)C(=O)NC(C)C)S(C)(=O)=O)cc1. The van der Waals surface area contributed by atoms with Crippen molar-refractivity contribution < 1.29 is 18.0 Å². The Labute approximate surface area is 210 Å². The number of hydrogen-bond donors (Lipinski definition) is 1. The van der Waals surface area contributed by atoms with Gasteiger partial charge in [-0.25, -0.2) is 8.42 Å². The highest BCUT2D eigenvalue weighted by molar-refractivity contribution is 7.92. The van der Waals surface area contributed by atoms with Gasteiger partial charge >= 0.3 is 0 Å². The number of carbonyl (C=O) groups excluding carboxylic acids is 2. The molecule has 2 amide bonds. The fourth-order valence-corrected chi connectivity index (χ4v) is 4.86. The van der Waals surface area contributed by atoms with Crippen LogP contribution in [0.15, 0.2) is 48.5 Å². The maximum Gasteiger partial charge on any atom is 0.242 e. The average molecular weight is 502 g/mol. The highest BCUT2D eigenvalue weighted by Gasteiger charge is 2.27. The van der Waals surface area contributed by atoms with E-state index in [1.165, 1.54) is 10.6 Å². The van der Waals surface area contributed by atoms with E-state index in [0.717, 1.165) is 23.1 Å². The topological polar surface area (TPSA) is 86.8 Å². The smallest absolute Gasteiger partial charge is 0.242 e. The predicted molar refractivity (Wildman–Crippen MR) is 142 cm³/mol. The second-order valence-corrected chi connectivity index (χ2v) is 11.2. The van der Waals surface area contributed by atoms with Crippen LogP contribution in [0.3, 0.4) is 0 Å². The summed E-state index contributed by atoms with van der Waals surface area (Å²) < 4.78 is 26.2. The number of amides is 2. The molecule has 7 nitrogen and oxygen atoms in total. The van der Waals surface area contributed by atoms with Crippen LogP contribution < -0.4 is 9.62 Å². The van der Waals surface area contributed by atoms with E-state index in [2.05, 4.69) is 5.32 Å². The molecule has 0 aliphatic carbocycles. The molecule has 0 bridgehead atoms. The van der Waals surface area contributed by atoms with Crippen molar-refractivity contribution in [2.75, 3.05) is 17.1 Å². The van der Waals surface area contributed by atoms with Crippen LogP contribution >= 0.6 is 0 Å². The first-order valence-electron chi connectivity index (χ1n) is 12.1. The molecule has 0 aromatic heterocycles. The number of rotatable bonds is 12. The molecule has 1 atom stereocenters. The molecule has 0 saturated heterocycles. The Morgan fingerprint density at radius 3 is 2.20 bits per heavy atom.